The summed E-state index contributed by atoms with van der Waals surface area (Å²) in [4.78, 5) is 21.8. The molecule has 3 fully saturated rings. The summed E-state index contributed by atoms with van der Waals surface area (Å²) >= 11 is 0. The van der Waals surface area contributed by atoms with Gasteiger partial charge >= 0.3 is 7.60 Å². The van der Waals surface area contributed by atoms with Crippen molar-refractivity contribution in [3.8, 4) is 0 Å². The molecule has 5 heteroatoms. The second-order valence-electron chi connectivity index (χ2n) is 9.80. The van der Waals surface area contributed by atoms with Crippen LogP contribution in [-0.4, -0.2) is 23.4 Å². The normalized spacial score (nSPS) is 47.7. The second-order valence-corrected chi connectivity index (χ2v) is 11.6. The lowest BCUT2D eigenvalue weighted by Gasteiger charge is -2.57. The minimum atomic E-state index is -3.52. The highest BCUT2D eigenvalue weighted by Gasteiger charge is 2.60. The Morgan fingerprint density at radius 3 is 2.59 bits per heavy atom. The van der Waals surface area contributed by atoms with E-state index in [9.17, 15) is 14.3 Å². The molecule has 0 aromatic rings. The monoisotopic (exact) mass is 392 g/mol. The van der Waals surface area contributed by atoms with Crippen LogP contribution in [0.15, 0.2) is 23.3 Å². The summed E-state index contributed by atoms with van der Waals surface area (Å²) in [6.07, 6.45) is 10.8. The summed E-state index contributed by atoms with van der Waals surface area (Å²) in [6.45, 7) is 8.07. The van der Waals surface area contributed by atoms with Crippen molar-refractivity contribution in [1.29, 1.82) is 0 Å². The Kier molecular flexibility index (Phi) is 4.65. The molecule has 4 aliphatic carbocycles. The van der Waals surface area contributed by atoms with Gasteiger partial charge in [-0.2, -0.15) is 0 Å². The number of hydrogen-bond donors (Lipinski definition) is 1. The van der Waals surface area contributed by atoms with Crippen molar-refractivity contribution in [3.63, 3.8) is 0 Å². The number of rotatable bonds is 2. The molecule has 4 nitrogen and oxygen atoms in total. The molecule has 0 radical (unpaired) electrons. The maximum atomic E-state index is 12.0. The van der Waals surface area contributed by atoms with E-state index in [0.29, 0.717) is 30.0 Å². The standard InChI is InChI=1S/C22H33O4P/c1-5-17-20(26-27(4,24)25)13-19-16-7-6-14-12-15(23)8-10-21(14,2)18(16)9-11-22(17,19)3/h5,12,16,18-20H,6-11,13H2,1-4H3,(H,24,25)/b17-5+. The van der Waals surface area contributed by atoms with Gasteiger partial charge in [0.1, 0.15) is 0 Å². The molecule has 0 heterocycles. The van der Waals surface area contributed by atoms with Gasteiger partial charge < -0.3 is 9.42 Å². The van der Waals surface area contributed by atoms with Gasteiger partial charge in [-0.3, -0.25) is 9.36 Å². The maximum Gasteiger partial charge on any atom is 0.325 e. The molecular weight excluding hydrogens is 359 g/mol. The molecule has 3 saturated carbocycles. The molecular formula is C22H33O4P. The fourth-order valence-corrected chi connectivity index (χ4v) is 7.92. The maximum absolute atomic E-state index is 12.0. The summed E-state index contributed by atoms with van der Waals surface area (Å²) in [5.74, 6) is 2.02. The predicted octanol–water partition coefficient (Wildman–Crippen LogP) is 5.27. The number of fused-ring (bicyclic) bond motifs is 5. The van der Waals surface area contributed by atoms with Crippen LogP contribution in [0.1, 0.15) is 65.7 Å². The summed E-state index contributed by atoms with van der Waals surface area (Å²) < 4.78 is 17.6. The number of ketones is 1. The van der Waals surface area contributed by atoms with Gasteiger partial charge in [0.05, 0.1) is 6.10 Å². The van der Waals surface area contributed by atoms with Crippen LogP contribution in [0.5, 0.6) is 0 Å². The van der Waals surface area contributed by atoms with Crippen LogP contribution < -0.4 is 0 Å². The van der Waals surface area contributed by atoms with Gasteiger partial charge in [-0.1, -0.05) is 25.5 Å². The Hall–Kier alpha value is -0.700. The molecule has 0 bridgehead atoms. The van der Waals surface area contributed by atoms with Gasteiger partial charge in [0.15, 0.2) is 5.78 Å². The fraction of sp³-hybridized carbons (Fsp3) is 0.773. The van der Waals surface area contributed by atoms with Crippen molar-refractivity contribution < 1.29 is 18.8 Å². The lowest BCUT2D eigenvalue weighted by Crippen LogP contribution is -2.49. The van der Waals surface area contributed by atoms with Crippen molar-refractivity contribution in [2.45, 2.75) is 71.8 Å². The zero-order valence-corrected chi connectivity index (χ0v) is 17.9. The first-order valence-corrected chi connectivity index (χ1v) is 12.5. The first-order chi connectivity index (χ1) is 12.6. The van der Waals surface area contributed by atoms with Gasteiger partial charge in [0, 0.05) is 13.1 Å². The van der Waals surface area contributed by atoms with Crippen molar-refractivity contribution in [2.24, 2.45) is 28.6 Å². The minimum Gasteiger partial charge on any atom is -0.324 e. The number of carbonyl (C=O) groups excluding carboxylic acids is 1. The number of hydrogen-bond acceptors (Lipinski definition) is 3. The zero-order valence-electron chi connectivity index (χ0n) is 17.0. The van der Waals surface area contributed by atoms with E-state index in [2.05, 4.69) is 19.9 Å². The van der Waals surface area contributed by atoms with Crippen LogP contribution >= 0.6 is 7.60 Å². The summed E-state index contributed by atoms with van der Waals surface area (Å²) in [5, 5.41) is 0. The van der Waals surface area contributed by atoms with Crippen molar-refractivity contribution in [2.75, 3.05) is 6.66 Å². The molecule has 0 spiro atoms. The Morgan fingerprint density at radius 1 is 1.19 bits per heavy atom. The molecule has 7 atom stereocenters. The van der Waals surface area contributed by atoms with Gasteiger partial charge in [-0.15, -0.1) is 0 Å². The van der Waals surface area contributed by atoms with E-state index in [1.807, 2.05) is 13.0 Å². The van der Waals surface area contributed by atoms with Crippen LogP contribution in [0.25, 0.3) is 0 Å². The molecule has 0 amide bonds. The van der Waals surface area contributed by atoms with Crippen LogP contribution in [0.3, 0.4) is 0 Å². The van der Waals surface area contributed by atoms with Crippen LogP contribution in [-0.2, 0) is 13.9 Å². The fourth-order valence-electron chi connectivity index (χ4n) is 7.25. The molecule has 0 saturated heterocycles. The van der Waals surface area contributed by atoms with Crippen molar-refractivity contribution in [3.05, 3.63) is 23.3 Å². The Balaban J connectivity index is 1.67. The molecule has 7 unspecified atom stereocenters. The van der Waals surface area contributed by atoms with Gasteiger partial charge in [-0.05, 0) is 85.7 Å². The zero-order chi connectivity index (χ0) is 19.6. The molecule has 0 aliphatic heterocycles. The summed E-state index contributed by atoms with van der Waals surface area (Å²) in [7, 11) is -3.52. The van der Waals surface area contributed by atoms with Gasteiger partial charge in [0.2, 0.25) is 0 Å². The van der Waals surface area contributed by atoms with E-state index in [-0.39, 0.29) is 16.9 Å². The van der Waals surface area contributed by atoms with E-state index in [0.717, 1.165) is 32.1 Å². The topological polar surface area (TPSA) is 63.6 Å². The second kappa shape index (κ2) is 6.40. The lowest BCUT2D eigenvalue weighted by molar-refractivity contribution is -0.117. The number of allylic oxidation sites excluding steroid dienone is 2. The molecule has 150 valence electrons. The van der Waals surface area contributed by atoms with Gasteiger partial charge in [-0.25, -0.2) is 0 Å². The van der Waals surface area contributed by atoms with E-state index < -0.39 is 7.60 Å². The largest absolute Gasteiger partial charge is 0.325 e. The summed E-state index contributed by atoms with van der Waals surface area (Å²) in [6, 6.07) is 0. The van der Waals surface area contributed by atoms with Gasteiger partial charge in [0.25, 0.3) is 0 Å². The van der Waals surface area contributed by atoms with E-state index in [4.69, 9.17) is 4.52 Å². The first-order valence-electron chi connectivity index (χ1n) is 10.5. The average Bonchev–Trinajstić information content (AvgIpc) is 2.84. The Bertz CT molecular complexity index is 762. The predicted molar refractivity (Wildman–Crippen MR) is 106 cm³/mol. The van der Waals surface area contributed by atoms with E-state index in [1.54, 1.807) is 0 Å². The molecule has 0 aromatic heterocycles. The highest BCUT2D eigenvalue weighted by molar-refractivity contribution is 7.51. The Morgan fingerprint density at radius 2 is 1.93 bits per heavy atom. The summed E-state index contributed by atoms with van der Waals surface area (Å²) in [5.41, 5.74) is 2.84. The highest BCUT2D eigenvalue weighted by atomic mass is 31.2. The van der Waals surface area contributed by atoms with E-state index >= 15 is 0 Å². The molecule has 4 aliphatic rings. The van der Waals surface area contributed by atoms with Crippen LogP contribution in [0.4, 0.5) is 0 Å². The first kappa shape index (κ1) is 19.6. The van der Waals surface area contributed by atoms with E-state index in [1.165, 1.54) is 24.2 Å². The third-order valence-corrected chi connectivity index (χ3v) is 9.11. The molecule has 27 heavy (non-hydrogen) atoms. The van der Waals surface area contributed by atoms with Crippen molar-refractivity contribution in [1.82, 2.24) is 0 Å². The SMILES string of the molecule is C/C=C1\C(OP(C)(=O)O)CC2C3CCC4=CC(=O)CCC4(C)C3CCC12C. The highest BCUT2D eigenvalue weighted by Crippen LogP contribution is 2.67. The molecule has 1 N–H and O–H groups in total. The Labute approximate surface area is 163 Å². The average molecular weight is 392 g/mol. The minimum absolute atomic E-state index is 0.0673. The third kappa shape index (κ3) is 3.03. The van der Waals surface area contributed by atoms with Crippen molar-refractivity contribution >= 4 is 13.4 Å². The smallest absolute Gasteiger partial charge is 0.324 e. The molecule has 0 aromatic carbocycles. The number of carbonyl (C=O) groups is 1. The molecule has 4 rings (SSSR count). The quantitative estimate of drug-likeness (QED) is 0.513. The van der Waals surface area contributed by atoms with Crippen LogP contribution in [0.2, 0.25) is 0 Å². The lowest BCUT2D eigenvalue weighted by atomic mass is 9.47. The third-order valence-electron chi connectivity index (χ3n) is 8.46. The van der Waals surface area contributed by atoms with Crippen LogP contribution in [0, 0.1) is 28.6 Å².